The van der Waals surface area contributed by atoms with E-state index < -0.39 is 18.1 Å². The highest BCUT2D eigenvalue weighted by molar-refractivity contribution is 5.97. The van der Waals surface area contributed by atoms with E-state index in [9.17, 15) is 14.7 Å². The molecule has 6 heteroatoms. The Bertz CT molecular complexity index is 665. The van der Waals surface area contributed by atoms with Gasteiger partial charge in [-0.1, -0.05) is 25.1 Å². The van der Waals surface area contributed by atoms with E-state index in [0.29, 0.717) is 12.0 Å². The third-order valence-electron chi connectivity index (χ3n) is 3.66. The fourth-order valence-corrected chi connectivity index (χ4v) is 2.50. The van der Waals surface area contributed by atoms with Crippen molar-refractivity contribution >= 4 is 23.2 Å². The van der Waals surface area contributed by atoms with Crippen molar-refractivity contribution in [2.45, 2.75) is 32.0 Å². The summed E-state index contributed by atoms with van der Waals surface area (Å²) < 4.78 is 1.81. The van der Waals surface area contributed by atoms with Gasteiger partial charge in [-0.05, 0) is 12.5 Å². The molecule has 0 saturated heterocycles. The molecule has 6 nitrogen and oxygen atoms in total. The maximum Gasteiger partial charge on any atom is 0.320 e. The zero-order valence-corrected chi connectivity index (χ0v) is 12.4. The van der Waals surface area contributed by atoms with E-state index in [0.717, 1.165) is 17.2 Å². The maximum atomic E-state index is 11.1. The van der Waals surface area contributed by atoms with Crippen LogP contribution in [0.15, 0.2) is 30.5 Å². The predicted molar refractivity (Wildman–Crippen MR) is 83.0 cm³/mol. The van der Waals surface area contributed by atoms with Crippen molar-refractivity contribution in [3.8, 4) is 0 Å². The Morgan fingerprint density at radius 1 is 1.41 bits per heavy atom. The van der Waals surface area contributed by atoms with Gasteiger partial charge < -0.3 is 20.1 Å². The number of hydrogen-bond acceptors (Lipinski definition) is 4. The number of aromatic nitrogens is 1. The van der Waals surface area contributed by atoms with Gasteiger partial charge in [0.15, 0.2) is 6.29 Å². The van der Waals surface area contributed by atoms with Crippen molar-refractivity contribution in [2.24, 2.45) is 0 Å². The van der Waals surface area contributed by atoms with Crippen LogP contribution in [-0.2, 0) is 11.3 Å². The molecule has 1 aromatic heterocycles. The van der Waals surface area contributed by atoms with Crippen LogP contribution in [0.3, 0.4) is 0 Å². The molecule has 1 aromatic carbocycles. The molecule has 2 rings (SSSR count). The number of aliphatic carboxylic acids is 1. The van der Waals surface area contributed by atoms with Gasteiger partial charge in [-0.3, -0.25) is 9.59 Å². The van der Waals surface area contributed by atoms with Crippen LogP contribution in [0, 0.1) is 0 Å². The Balaban J connectivity index is 2.07. The van der Waals surface area contributed by atoms with Gasteiger partial charge in [-0.15, -0.1) is 0 Å². The number of rotatable bonds is 8. The lowest BCUT2D eigenvalue weighted by atomic mass is 10.2. The minimum Gasteiger partial charge on any atom is -0.480 e. The third kappa shape index (κ3) is 3.52. The number of hydrogen-bond donors (Lipinski definition) is 3. The van der Waals surface area contributed by atoms with Crippen molar-refractivity contribution in [1.82, 2.24) is 9.88 Å². The molecule has 0 bridgehead atoms. The number of aliphatic hydroxyl groups excluding tert-OH is 1. The third-order valence-corrected chi connectivity index (χ3v) is 3.66. The molecule has 0 aliphatic rings. The molecule has 0 unspecified atom stereocenters. The number of fused-ring (bicyclic) bond motifs is 1. The first kappa shape index (κ1) is 16.2. The van der Waals surface area contributed by atoms with Crippen LogP contribution in [-0.4, -0.2) is 45.7 Å². The number of nitrogens with zero attached hydrogens (tertiary/aromatic N) is 1. The van der Waals surface area contributed by atoms with Gasteiger partial charge in [-0.2, -0.15) is 0 Å². The fraction of sp³-hybridized carbons (Fsp3) is 0.375. The van der Waals surface area contributed by atoms with Crippen LogP contribution < -0.4 is 5.32 Å². The van der Waals surface area contributed by atoms with Crippen molar-refractivity contribution in [1.29, 1.82) is 0 Å². The van der Waals surface area contributed by atoms with Crippen LogP contribution in [0.4, 0.5) is 0 Å². The number of benzene rings is 1. The molecule has 0 saturated carbocycles. The Morgan fingerprint density at radius 3 is 2.77 bits per heavy atom. The molecule has 0 aliphatic carbocycles. The summed E-state index contributed by atoms with van der Waals surface area (Å²) in [4.78, 5) is 22.0. The van der Waals surface area contributed by atoms with Gasteiger partial charge in [0.25, 0.3) is 0 Å². The topological polar surface area (TPSA) is 91.6 Å². The number of carbonyl (C=O) groups is 2. The first-order valence-electron chi connectivity index (χ1n) is 7.24. The zero-order chi connectivity index (χ0) is 16.1. The smallest absolute Gasteiger partial charge is 0.320 e. The molecular weight excluding hydrogens is 284 g/mol. The molecule has 0 fully saturated rings. The Hall–Kier alpha value is -2.18. The van der Waals surface area contributed by atoms with Crippen LogP contribution >= 0.6 is 0 Å². The second-order valence-corrected chi connectivity index (χ2v) is 5.23. The molecule has 118 valence electrons. The van der Waals surface area contributed by atoms with Gasteiger partial charge in [0, 0.05) is 35.8 Å². The highest BCUT2D eigenvalue weighted by Gasteiger charge is 2.17. The van der Waals surface area contributed by atoms with Crippen molar-refractivity contribution in [3.63, 3.8) is 0 Å². The quantitative estimate of drug-likeness (QED) is 0.639. The Morgan fingerprint density at radius 2 is 2.14 bits per heavy atom. The molecule has 0 amide bonds. The highest BCUT2D eigenvalue weighted by Crippen LogP contribution is 2.20. The summed E-state index contributed by atoms with van der Waals surface area (Å²) in [6.45, 7) is 2.24. The van der Waals surface area contributed by atoms with E-state index in [4.69, 9.17) is 5.11 Å². The lowest BCUT2D eigenvalue weighted by Gasteiger charge is -2.17. The lowest BCUT2D eigenvalue weighted by Crippen LogP contribution is -2.41. The molecule has 22 heavy (non-hydrogen) atoms. The van der Waals surface area contributed by atoms with Crippen molar-refractivity contribution in [2.75, 3.05) is 6.54 Å². The standard InChI is InChI=1S/C16H20N2O4/c1-2-14(16(21)22)17-7-12(20)9-18-8-11(10-19)13-5-3-4-6-15(13)18/h3-6,8,10,12,14,17,20H,2,7,9H2,1H3,(H,21,22)/t12-,14-/m0/s1. The van der Waals surface area contributed by atoms with Gasteiger partial charge in [0.05, 0.1) is 6.10 Å². The van der Waals surface area contributed by atoms with E-state index in [1.807, 2.05) is 28.8 Å². The van der Waals surface area contributed by atoms with Gasteiger partial charge >= 0.3 is 5.97 Å². The molecule has 2 atom stereocenters. The average molecular weight is 304 g/mol. The first-order chi connectivity index (χ1) is 10.6. The number of carboxylic acid groups (broad SMARTS) is 1. The molecule has 3 N–H and O–H groups in total. The summed E-state index contributed by atoms with van der Waals surface area (Å²) in [6.07, 6.45) is 2.20. The highest BCUT2D eigenvalue weighted by atomic mass is 16.4. The summed E-state index contributed by atoms with van der Waals surface area (Å²) in [5.74, 6) is -0.927. The molecule has 0 spiro atoms. The largest absolute Gasteiger partial charge is 0.480 e. The van der Waals surface area contributed by atoms with E-state index >= 15 is 0 Å². The SMILES string of the molecule is CC[C@H](NC[C@H](O)Cn1cc(C=O)c2ccccc21)C(=O)O. The van der Waals surface area contributed by atoms with E-state index in [1.54, 1.807) is 13.1 Å². The number of nitrogens with one attached hydrogen (secondary N) is 1. The molecular formula is C16H20N2O4. The molecule has 0 radical (unpaired) electrons. The summed E-state index contributed by atoms with van der Waals surface area (Å²) in [6, 6.07) is 6.81. The monoisotopic (exact) mass is 304 g/mol. The summed E-state index contributed by atoms with van der Waals surface area (Å²) in [7, 11) is 0. The maximum absolute atomic E-state index is 11.1. The summed E-state index contributed by atoms with van der Waals surface area (Å²) >= 11 is 0. The lowest BCUT2D eigenvalue weighted by molar-refractivity contribution is -0.139. The normalized spacial score (nSPS) is 13.9. The number of carboxylic acids is 1. The Kier molecular flexibility index (Phi) is 5.30. The van der Waals surface area contributed by atoms with E-state index in [1.165, 1.54) is 0 Å². The van der Waals surface area contributed by atoms with Crippen LogP contribution in [0.25, 0.3) is 10.9 Å². The van der Waals surface area contributed by atoms with Crippen LogP contribution in [0.5, 0.6) is 0 Å². The summed E-state index contributed by atoms with van der Waals surface area (Å²) in [5, 5.41) is 22.7. The van der Waals surface area contributed by atoms with Crippen molar-refractivity contribution < 1.29 is 19.8 Å². The number of aldehydes is 1. The van der Waals surface area contributed by atoms with Crippen molar-refractivity contribution in [3.05, 3.63) is 36.0 Å². The first-order valence-corrected chi connectivity index (χ1v) is 7.24. The van der Waals surface area contributed by atoms with E-state index in [2.05, 4.69) is 5.32 Å². The molecule has 1 heterocycles. The van der Waals surface area contributed by atoms with Gasteiger partial charge in [-0.25, -0.2) is 0 Å². The average Bonchev–Trinajstić information content (AvgIpc) is 2.86. The molecule has 2 aromatic rings. The van der Waals surface area contributed by atoms with E-state index in [-0.39, 0.29) is 13.1 Å². The minimum atomic E-state index is -0.927. The Labute approximate surface area is 128 Å². The predicted octanol–water partition coefficient (Wildman–Crippen LogP) is 1.27. The second-order valence-electron chi connectivity index (χ2n) is 5.23. The number of carbonyl (C=O) groups excluding carboxylic acids is 1. The number of aliphatic hydroxyl groups is 1. The zero-order valence-electron chi connectivity index (χ0n) is 12.4. The van der Waals surface area contributed by atoms with Gasteiger partial charge in [0.1, 0.15) is 6.04 Å². The van der Waals surface area contributed by atoms with Crippen LogP contribution in [0.1, 0.15) is 23.7 Å². The minimum absolute atomic E-state index is 0.174. The fourth-order valence-electron chi connectivity index (χ4n) is 2.50. The number of para-hydroxylation sites is 1. The van der Waals surface area contributed by atoms with Gasteiger partial charge in [0.2, 0.25) is 0 Å². The molecule has 0 aliphatic heterocycles. The van der Waals surface area contributed by atoms with Crippen LogP contribution in [0.2, 0.25) is 0 Å². The second kappa shape index (κ2) is 7.20. The summed E-state index contributed by atoms with van der Waals surface area (Å²) in [5.41, 5.74) is 1.45.